The second-order valence-corrected chi connectivity index (χ2v) is 9.72. The first-order valence-electron chi connectivity index (χ1n) is 10.2. The summed E-state index contributed by atoms with van der Waals surface area (Å²) >= 11 is 5.95. The monoisotopic (exact) mass is 525 g/mol. The Bertz CT molecular complexity index is 1220. The molecule has 182 valence electrons. The highest BCUT2D eigenvalue weighted by atomic mass is 35.5. The molecule has 0 bridgehead atoms. The van der Waals surface area contributed by atoms with Gasteiger partial charge in [0.25, 0.3) is 0 Å². The lowest BCUT2D eigenvalue weighted by Gasteiger charge is -2.13. The van der Waals surface area contributed by atoms with Crippen LogP contribution in [0.5, 0.6) is 5.75 Å². The summed E-state index contributed by atoms with van der Waals surface area (Å²) in [5, 5.41) is 22.7. The van der Waals surface area contributed by atoms with Crippen molar-refractivity contribution in [1.82, 2.24) is 5.32 Å². The van der Waals surface area contributed by atoms with Gasteiger partial charge in [0.05, 0.1) is 15.9 Å². The van der Waals surface area contributed by atoms with Crippen LogP contribution in [-0.2, 0) is 21.1 Å². The molecule has 0 saturated heterocycles. The van der Waals surface area contributed by atoms with Crippen LogP contribution in [0.1, 0.15) is 17.2 Å². The van der Waals surface area contributed by atoms with E-state index in [-0.39, 0.29) is 27.9 Å². The molecule has 3 aromatic rings. The molecular weight excluding hydrogens is 501 g/mol. The Balaban J connectivity index is 0.00000408. The number of aliphatic carboxylic acids is 1. The summed E-state index contributed by atoms with van der Waals surface area (Å²) in [6.07, 6.45) is -0.140. The van der Waals surface area contributed by atoms with E-state index in [0.29, 0.717) is 24.5 Å². The Labute approximate surface area is 209 Å². The topological polar surface area (TPSA) is 113 Å². The molecule has 3 aromatic carbocycles. The van der Waals surface area contributed by atoms with Crippen LogP contribution in [0, 0.1) is 0 Å². The first kappa shape index (κ1) is 27.6. The number of nitrogens with one attached hydrogen (secondary N) is 1. The highest BCUT2D eigenvalue weighted by Gasteiger charge is 2.19. The molecule has 0 aromatic heterocycles. The molecule has 0 unspecified atom stereocenters. The number of aliphatic hydroxyl groups excluding tert-OH is 1. The molecular formula is C24H25Cl2NO6S. The van der Waals surface area contributed by atoms with Crippen molar-refractivity contribution in [3.05, 3.63) is 88.9 Å². The molecule has 0 heterocycles. The molecule has 0 fully saturated rings. The number of carboxylic acids is 1. The van der Waals surface area contributed by atoms with Gasteiger partial charge in [-0.25, -0.2) is 13.2 Å². The second-order valence-electron chi connectivity index (χ2n) is 7.33. The van der Waals surface area contributed by atoms with Crippen LogP contribution < -0.4 is 10.1 Å². The lowest BCUT2D eigenvalue weighted by molar-refractivity contribution is -0.139. The van der Waals surface area contributed by atoms with Crippen LogP contribution >= 0.6 is 24.0 Å². The molecule has 0 aliphatic heterocycles. The zero-order valence-corrected chi connectivity index (χ0v) is 20.4. The predicted octanol–water partition coefficient (Wildman–Crippen LogP) is 3.92. The molecule has 0 aliphatic carbocycles. The fourth-order valence-corrected chi connectivity index (χ4v) is 4.75. The fourth-order valence-electron chi connectivity index (χ4n) is 3.18. The van der Waals surface area contributed by atoms with Crippen LogP contribution in [0.3, 0.4) is 0 Å². The number of rotatable bonds is 11. The SMILES string of the molecule is Cl.O=C(O)COc1cccc(S(=O)(=O)c2cccc(CCNC[C@@H](O)c3cccc(Cl)c3)c2)c1. The zero-order chi connectivity index (χ0) is 23.8. The van der Waals surface area contributed by atoms with Crippen molar-refractivity contribution in [1.29, 1.82) is 0 Å². The Hall–Kier alpha value is -2.62. The number of hydrogen-bond donors (Lipinski definition) is 3. The normalized spacial score (nSPS) is 11.9. The minimum atomic E-state index is -3.81. The third-order valence-corrected chi connectivity index (χ3v) is 6.83. The third kappa shape index (κ3) is 7.72. The van der Waals surface area contributed by atoms with E-state index in [2.05, 4.69) is 5.32 Å². The van der Waals surface area contributed by atoms with E-state index in [1.165, 1.54) is 30.3 Å². The van der Waals surface area contributed by atoms with Crippen molar-refractivity contribution in [3.63, 3.8) is 0 Å². The number of carbonyl (C=O) groups is 1. The quantitative estimate of drug-likeness (QED) is 0.325. The van der Waals surface area contributed by atoms with Crippen LogP contribution in [-0.4, -0.2) is 44.3 Å². The highest BCUT2D eigenvalue weighted by Crippen LogP contribution is 2.25. The van der Waals surface area contributed by atoms with E-state index in [0.717, 1.165) is 11.1 Å². The van der Waals surface area contributed by atoms with Gasteiger partial charge in [-0.2, -0.15) is 0 Å². The summed E-state index contributed by atoms with van der Waals surface area (Å²) in [6.45, 7) is 0.319. The molecule has 3 rings (SSSR count). The largest absolute Gasteiger partial charge is 0.482 e. The van der Waals surface area contributed by atoms with Crippen LogP contribution in [0.4, 0.5) is 0 Å². The van der Waals surface area contributed by atoms with E-state index in [9.17, 15) is 18.3 Å². The minimum absolute atomic E-state index is 0. The van der Waals surface area contributed by atoms with Gasteiger partial charge in [-0.05, 0) is 66.6 Å². The van der Waals surface area contributed by atoms with Crippen molar-refractivity contribution >= 4 is 39.8 Å². The third-order valence-electron chi connectivity index (χ3n) is 4.85. The van der Waals surface area contributed by atoms with Crippen molar-refractivity contribution in [3.8, 4) is 5.75 Å². The number of halogens is 2. The van der Waals surface area contributed by atoms with Crippen molar-refractivity contribution in [2.75, 3.05) is 19.7 Å². The standard InChI is InChI=1S/C24H24ClNO6S.ClH/c25-19-6-2-5-18(13-19)23(27)15-26-11-10-17-4-1-8-21(12-17)33(30,31)22-9-3-7-20(14-22)32-16-24(28)29;/h1-9,12-14,23,26-27H,10-11,15-16H2,(H,28,29);1H/t23-;/m1./s1. The van der Waals surface area contributed by atoms with Gasteiger partial charge < -0.3 is 20.3 Å². The molecule has 1 atom stereocenters. The van der Waals surface area contributed by atoms with Crippen LogP contribution in [0.15, 0.2) is 82.6 Å². The Morgan fingerprint density at radius 1 is 1.00 bits per heavy atom. The molecule has 0 saturated carbocycles. The zero-order valence-electron chi connectivity index (χ0n) is 18.1. The van der Waals surface area contributed by atoms with Gasteiger partial charge in [0.2, 0.25) is 9.84 Å². The van der Waals surface area contributed by atoms with Crippen molar-refractivity contribution < 1.29 is 28.2 Å². The summed E-state index contributed by atoms with van der Waals surface area (Å²) in [6, 6.07) is 19.4. The summed E-state index contributed by atoms with van der Waals surface area (Å²) < 4.78 is 31.2. The smallest absolute Gasteiger partial charge is 0.341 e. The Kier molecular flexibility index (Phi) is 10.3. The molecule has 0 amide bonds. The first-order chi connectivity index (χ1) is 15.8. The van der Waals surface area contributed by atoms with E-state index in [1.807, 2.05) is 6.07 Å². The van der Waals surface area contributed by atoms with Crippen molar-refractivity contribution in [2.45, 2.75) is 22.3 Å². The first-order valence-corrected chi connectivity index (χ1v) is 12.0. The summed E-state index contributed by atoms with van der Waals surface area (Å²) in [7, 11) is -3.81. The number of sulfone groups is 1. The van der Waals surface area contributed by atoms with Crippen LogP contribution in [0.25, 0.3) is 0 Å². The number of aliphatic hydroxyl groups is 1. The van der Waals surface area contributed by atoms with Gasteiger partial charge in [0, 0.05) is 11.6 Å². The van der Waals surface area contributed by atoms with E-state index in [1.54, 1.807) is 36.4 Å². The fraction of sp³-hybridized carbons (Fsp3) is 0.208. The summed E-state index contributed by atoms with van der Waals surface area (Å²) in [5.74, 6) is -0.984. The Morgan fingerprint density at radius 2 is 1.68 bits per heavy atom. The second kappa shape index (κ2) is 12.7. The van der Waals surface area contributed by atoms with E-state index >= 15 is 0 Å². The number of ether oxygens (including phenoxy) is 1. The Morgan fingerprint density at radius 3 is 2.38 bits per heavy atom. The van der Waals surface area contributed by atoms with Gasteiger partial charge in [-0.3, -0.25) is 0 Å². The molecule has 0 aliphatic rings. The number of benzene rings is 3. The molecule has 0 radical (unpaired) electrons. The predicted molar refractivity (Wildman–Crippen MR) is 132 cm³/mol. The molecule has 10 heteroatoms. The highest BCUT2D eigenvalue weighted by molar-refractivity contribution is 7.91. The molecule has 3 N–H and O–H groups in total. The average molecular weight is 526 g/mol. The van der Waals surface area contributed by atoms with Gasteiger partial charge in [-0.1, -0.05) is 41.9 Å². The van der Waals surface area contributed by atoms with Gasteiger partial charge >= 0.3 is 5.97 Å². The van der Waals surface area contributed by atoms with Gasteiger partial charge in [0.15, 0.2) is 6.61 Å². The molecule has 0 spiro atoms. The molecule has 7 nitrogen and oxygen atoms in total. The van der Waals surface area contributed by atoms with Crippen LogP contribution in [0.2, 0.25) is 5.02 Å². The number of hydrogen-bond acceptors (Lipinski definition) is 6. The molecule has 34 heavy (non-hydrogen) atoms. The maximum atomic E-state index is 13.0. The van der Waals surface area contributed by atoms with E-state index < -0.39 is 28.5 Å². The summed E-state index contributed by atoms with van der Waals surface area (Å²) in [4.78, 5) is 10.8. The van der Waals surface area contributed by atoms with Gasteiger partial charge in [0.1, 0.15) is 5.75 Å². The lowest BCUT2D eigenvalue weighted by Crippen LogP contribution is -2.23. The summed E-state index contributed by atoms with van der Waals surface area (Å²) in [5.41, 5.74) is 1.54. The average Bonchev–Trinajstić information content (AvgIpc) is 2.81. The number of carboxylic acid groups (broad SMARTS) is 1. The maximum Gasteiger partial charge on any atom is 0.341 e. The van der Waals surface area contributed by atoms with E-state index in [4.69, 9.17) is 21.4 Å². The van der Waals surface area contributed by atoms with Crippen molar-refractivity contribution in [2.24, 2.45) is 0 Å². The maximum absolute atomic E-state index is 13.0. The minimum Gasteiger partial charge on any atom is -0.482 e. The lowest BCUT2D eigenvalue weighted by atomic mass is 10.1. The van der Waals surface area contributed by atoms with Gasteiger partial charge in [-0.15, -0.1) is 12.4 Å².